The van der Waals surface area contributed by atoms with Crippen LogP contribution in [-0.4, -0.2) is 8.58 Å². The molecule has 3 aromatic rings. The first-order valence-electron chi connectivity index (χ1n) is 5.92. The van der Waals surface area contributed by atoms with Crippen molar-refractivity contribution >= 4 is 39.3 Å². The smallest absolute Gasteiger partial charge is 0.159 e. The summed E-state index contributed by atoms with van der Waals surface area (Å²) >= 11 is 3.42. The van der Waals surface area contributed by atoms with Crippen LogP contribution in [0.5, 0.6) is 0 Å². The van der Waals surface area contributed by atoms with E-state index in [1.807, 2.05) is 24.3 Å². The predicted molar refractivity (Wildman–Crippen MR) is 79.3 cm³/mol. The van der Waals surface area contributed by atoms with Gasteiger partial charge in [-0.3, -0.25) is 3.59 Å². The number of hydrogen-bond acceptors (Lipinski definition) is 1. The molecule has 0 aliphatic carbocycles. The molecule has 0 aliphatic rings. The third-order valence-corrected chi connectivity index (χ3v) is 3.64. The summed E-state index contributed by atoms with van der Waals surface area (Å²) < 4.78 is 27.7. The van der Waals surface area contributed by atoms with Gasteiger partial charge in [0, 0.05) is 0 Å². The molecule has 0 saturated carbocycles. The second-order valence-electron chi connectivity index (χ2n) is 4.25. The van der Waals surface area contributed by atoms with E-state index in [0.717, 1.165) is 23.2 Å². The summed E-state index contributed by atoms with van der Waals surface area (Å²) in [6.07, 6.45) is 3.42. The summed E-state index contributed by atoms with van der Waals surface area (Å²) in [6, 6.07) is 11.4. The Kier molecular flexibility index (Phi) is 3.36. The standard InChI is InChI=1S/C15H9BrF2N2/c16-20-14-4-2-1-3-13(14)19-15(20)8-6-10-5-7-11(17)12(18)9-10/h1-9H. The number of imidazole rings is 1. The molecule has 0 spiro atoms. The zero-order chi connectivity index (χ0) is 14.1. The van der Waals surface area contributed by atoms with Crippen molar-refractivity contribution < 1.29 is 8.78 Å². The molecule has 100 valence electrons. The minimum absolute atomic E-state index is 0.573. The molecule has 20 heavy (non-hydrogen) atoms. The highest BCUT2D eigenvalue weighted by Gasteiger charge is 2.05. The molecule has 2 aromatic carbocycles. The minimum Gasteiger partial charge on any atom is -0.258 e. The Morgan fingerprint density at radius 2 is 1.80 bits per heavy atom. The van der Waals surface area contributed by atoms with E-state index in [0.29, 0.717) is 11.4 Å². The highest BCUT2D eigenvalue weighted by Crippen LogP contribution is 2.20. The van der Waals surface area contributed by atoms with Crippen LogP contribution in [0.3, 0.4) is 0 Å². The zero-order valence-corrected chi connectivity index (χ0v) is 11.8. The van der Waals surface area contributed by atoms with Crippen LogP contribution in [0.2, 0.25) is 0 Å². The molecule has 2 nitrogen and oxygen atoms in total. The first kappa shape index (κ1) is 13.0. The minimum atomic E-state index is -0.862. The van der Waals surface area contributed by atoms with Gasteiger partial charge in [-0.15, -0.1) is 0 Å². The van der Waals surface area contributed by atoms with Crippen molar-refractivity contribution in [3.05, 3.63) is 65.5 Å². The third-order valence-electron chi connectivity index (χ3n) is 2.90. The van der Waals surface area contributed by atoms with Crippen molar-refractivity contribution in [1.82, 2.24) is 8.58 Å². The van der Waals surface area contributed by atoms with E-state index in [2.05, 4.69) is 21.1 Å². The second-order valence-corrected chi connectivity index (χ2v) is 4.96. The molecule has 0 amide bonds. The van der Waals surface area contributed by atoms with Crippen LogP contribution >= 0.6 is 16.1 Å². The molecular formula is C15H9BrF2N2. The van der Waals surface area contributed by atoms with Gasteiger partial charge >= 0.3 is 0 Å². The highest BCUT2D eigenvalue weighted by atomic mass is 79.9. The number of rotatable bonds is 2. The van der Waals surface area contributed by atoms with Gasteiger partial charge in [0.25, 0.3) is 0 Å². The summed E-state index contributed by atoms with van der Waals surface area (Å²) in [4.78, 5) is 4.43. The van der Waals surface area contributed by atoms with Crippen LogP contribution in [0.15, 0.2) is 42.5 Å². The fourth-order valence-corrected chi connectivity index (χ4v) is 2.40. The van der Waals surface area contributed by atoms with E-state index in [-0.39, 0.29) is 0 Å². The Morgan fingerprint density at radius 1 is 1.00 bits per heavy atom. The Labute approximate surface area is 122 Å². The first-order chi connectivity index (χ1) is 9.65. The maximum Gasteiger partial charge on any atom is 0.159 e. The fraction of sp³-hybridized carbons (Fsp3) is 0. The topological polar surface area (TPSA) is 17.8 Å². The van der Waals surface area contributed by atoms with Crippen LogP contribution in [0, 0.1) is 11.6 Å². The summed E-state index contributed by atoms with van der Waals surface area (Å²) in [5.41, 5.74) is 2.37. The first-order valence-corrected chi connectivity index (χ1v) is 6.63. The number of para-hydroxylation sites is 2. The second kappa shape index (κ2) is 5.17. The SMILES string of the molecule is Fc1ccc(C=Cc2nc3ccccc3n2Br)cc1F. The number of benzene rings is 2. The molecule has 0 aliphatic heterocycles. The molecule has 0 atom stereocenters. The molecule has 0 bridgehead atoms. The molecule has 0 radical (unpaired) electrons. The Bertz CT molecular complexity index is 809. The summed E-state index contributed by atoms with van der Waals surface area (Å²) in [7, 11) is 0. The van der Waals surface area contributed by atoms with E-state index >= 15 is 0 Å². The van der Waals surface area contributed by atoms with Gasteiger partial charge in [-0.05, 0) is 35.9 Å². The van der Waals surface area contributed by atoms with E-state index in [1.165, 1.54) is 6.07 Å². The van der Waals surface area contributed by atoms with Crippen LogP contribution in [0.25, 0.3) is 23.2 Å². The maximum absolute atomic E-state index is 13.1. The molecule has 5 heteroatoms. The van der Waals surface area contributed by atoms with Gasteiger partial charge in [0.2, 0.25) is 0 Å². The number of aromatic nitrogens is 2. The van der Waals surface area contributed by atoms with Crippen molar-refractivity contribution in [2.45, 2.75) is 0 Å². The van der Waals surface area contributed by atoms with Crippen LogP contribution in [0.4, 0.5) is 8.78 Å². The Morgan fingerprint density at radius 3 is 2.55 bits per heavy atom. The van der Waals surface area contributed by atoms with E-state index in [1.54, 1.807) is 15.7 Å². The summed E-state index contributed by atoms with van der Waals surface area (Å²) in [6.45, 7) is 0. The molecule has 1 heterocycles. The van der Waals surface area contributed by atoms with Crippen LogP contribution in [-0.2, 0) is 0 Å². The van der Waals surface area contributed by atoms with Crippen LogP contribution < -0.4 is 0 Å². The zero-order valence-electron chi connectivity index (χ0n) is 10.2. The number of nitrogens with zero attached hydrogens (tertiary/aromatic N) is 2. The van der Waals surface area contributed by atoms with Crippen molar-refractivity contribution in [1.29, 1.82) is 0 Å². The molecule has 0 N–H and O–H groups in total. The quantitative estimate of drug-likeness (QED) is 0.667. The average Bonchev–Trinajstić information content (AvgIpc) is 2.77. The number of fused-ring (bicyclic) bond motifs is 1. The fourth-order valence-electron chi connectivity index (χ4n) is 1.90. The maximum atomic E-state index is 13.1. The lowest BCUT2D eigenvalue weighted by Gasteiger charge is -1.96. The van der Waals surface area contributed by atoms with Gasteiger partial charge in [-0.1, -0.05) is 24.3 Å². The van der Waals surface area contributed by atoms with E-state index in [4.69, 9.17) is 0 Å². The van der Waals surface area contributed by atoms with Crippen molar-refractivity contribution in [3.63, 3.8) is 0 Å². The normalized spacial score (nSPS) is 11.6. The van der Waals surface area contributed by atoms with Crippen molar-refractivity contribution in [2.75, 3.05) is 0 Å². The number of hydrogen-bond donors (Lipinski definition) is 0. The lowest BCUT2D eigenvalue weighted by Crippen LogP contribution is -1.85. The summed E-state index contributed by atoms with van der Waals surface area (Å²) in [5.74, 6) is -1.04. The third kappa shape index (κ3) is 2.36. The lowest BCUT2D eigenvalue weighted by molar-refractivity contribution is 0.508. The monoisotopic (exact) mass is 334 g/mol. The van der Waals surface area contributed by atoms with Gasteiger partial charge in [-0.25, -0.2) is 13.8 Å². The Balaban J connectivity index is 1.98. The molecule has 0 saturated heterocycles. The number of halogens is 3. The Hall–Kier alpha value is -2.01. The molecule has 3 rings (SSSR count). The lowest BCUT2D eigenvalue weighted by atomic mass is 10.2. The van der Waals surface area contributed by atoms with Gasteiger partial charge in [0.15, 0.2) is 11.6 Å². The van der Waals surface area contributed by atoms with E-state index in [9.17, 15) is 8.78 Å². The average molecular weight is 335 g/mol. The molecule has 0 fully saturated rings. The molecule has 0 unspecified atom stereocenters. The van der Waals surface area contributed by atoms with Gasteiger partial charge in [0.1, 0.15) is 5.82 Å². The highest BCUT2D eigenvalue weighted by molar-refractivity contribution is 9.08. The van der Waals surface area contributed by atoms with Gasteiger partial charge in [0.05, 0.1) is 27.2 Å². The predicted octanol–water partition coefficient (Wildman–Crippen LogP) is 4.64. The summed E-state index contributed by atoms with van der Waals surface area (Å²) in [5, 5.41) is 0. The molecule has 1 aromatic heterocycles. The van der Waals surface area contributed by atoms with E-state index < -0.39 is 11.6 Å². The largest absolute Gasteiger partial charge is 0.258 e. The van der Waals surface area contributed by atoms with Crippen molar-refractivity contribution in [2.24, 2.45) is 0 Å². The van der Waals surface area contributed by atoms with Gasteiger partial charge in [-0.2, -0.15) is 0 Å². The van der Waals surface area contributed by atoms with Crippen molar-refractivity contribution in [3.8, 4) is 0 Å². The van der Waals surface area contributed by atoms with Crippen LogP contribution in [0.1, 0.15) is 11.4 Å². The van der Waals surface area contributed by atoms with Gasteiger partial charge < -0.3 is 0 Å². The molecular weight excluding hydrogens is 326 g/mol.